The van der Waals surface area contributed by atoms with Gasteiger partial charge in [-0.3, -0.25) is 14.4 Å². The molecule has 0 spiro atoms. The maximum atomic E-state index is 12.0. The third kappa shape index (κ3) is 4.70. The second-order valence-electron chi connectivity index (χ2n) is 5.46. The molecule has 0 saturated carbocycles. The van der Waals surface area contributed by atoms with Crippen molar-refractivity contribution < 1.29 is 24.2 Å². The molecule has 1 aliphatic heterocycles. The van der Waals surface area contributed by atoms with Crippen LogP contribution in [0, 0.1) is 5.92 Å². The Hall–Kier alpha value is -2.57. The van der Waals surface area contributed by atoms with Gasteiger partial charge < -0.3 is 20.1 Å². The van der Waals surface area contributed by atoms with Crippen molar-refractivity contribution in [2.24, 2.45) is 5.92 Å². The molecule has 7 nitrogen and oxygen atoms in total. The number of ether oxygens (including phenoxy) is 1. The van der Waals surface area contributed by atoms with E-state index in [2.05, 4.69) is 5.32 Å². The van der Waals surface area contributed by atoms with Gasteiger partial charge in [-0.05, 0) is 17.7 Å². The summed E-state index contributed by atoms with van der Waals surface area (Å²) < 4.78 is 5.09. The molecule has 1 saturated heterocycles. The summed E-state index contributed by atoms with van der Waals surface area (Å²) in [6.07, 6.45) is 0.0387. The summed E-state index contributed by atoms with van der Waals surface area (Å²) in [5.74, 6) is -0.975. The normalized spacial score (nSPS) is 17.2. The van der Waals surface area contributed by atoms with Crippen LogP contribution in [0.1, 0.15) is 18.4 Å². The lowest BCUT2D eigenvalue weighted by molar-refractivity contribution is -0.137. The van der Waals surface area contributed by atoms with Crippen molar-refractivity contribution >= 4 is 17.8 Å². The predicted octanol–water partition coefficient (Wildman–Crippen LogP) is 0.635. The van der Waals surface area contributed by atoms with Crippen molar-refractivity contribution in [2.45, 2.75) is 19.4 Å². The second-order valence-corrected chi connectivity index (χ2v) is 5.46. The number of hydrogen-bond donors (Lipinski definition) is 2. The molecule has 7 heteroatoms. The second kappa shape index (κ2) is 7.62. The zero-order valence-electron chi connectivity index (χ0n) is 12.9. The van der Waals surface area contributed by atoms with E-state index in [4.69, 9.17) is 9.84 Å². The van der Waals surface area contributed by atoms with Crippen LogP contribution >= 0.6 is 0 Å². The molecule has 1 heterocycles. The molecule has 2 rings (SSSR count). The number of aliphatic carboxylic acids is 1. The van der Waals surface area contributed by atoms with E-state index in [9.17, 15) is 14.4 Å². The summed E-state index contributed by atoms with van der Waals surface area (Å²) in [6, 6.07) is 7.41. The average Bonchev–Trinajstić information content (AvgIpc) is 2.89. The number of nitrogens with zero attached hydrogens (tertiary/aromatic N) is 1. The summed E-state index contributed by atoms with van der Waals surface area (Å²) in [6.45, 7) is 0.878. The van der Waals surface area contributed by atoms with E-state index in [-0.39, 0.29) is 31.2 Å². The maximum Gasteiger partial charge on any atom is 0.305 e. The van der Waals surface area contributed by atoms with Crippen LogP contribution in [0.15, 0.2) is 24.3 Å². The predicted molar refractivity (Wildman–Crippen MR) is 81.8 cm³/mol. The van der Waals surface area contributed by atoms with Gasteiger partial charge in [0.25, 0.3) is 0 Å². The van der Waals surface area contributed by atoms with Gasteiger partial charge in [-0.25, -0.2) is 0 Å². The van der Waals surface area contributed by atoms with Crippen LogP contribution in [-0.2, 0) is 20.9 Å². The van der Waals surface area contributed by atoms with E-state index in [0.717, 1.165) is 11.3 Å². The maximum absolute atomic E-state index is 12.0. The van der Waals surface area contributed by atoms with Gasteiger partial charge in [0, 0.05) is 26.1 Å². The number of carbonyl (C=O) groups excluding carboxylic acids is 2. The molecular weight excluding hydrogens is 300 g/mol. The van der Waals surface area contributed by atoms with Gasteiger partial charge in [0.15, 0.2) is 0 Å². The van der Waals surface area contributed by atoms with Crippen molar-refractivity contribution in [3.05, 3.63) is 29.8 Å². The molecule has 1 atom stereocenters. The summed E-state index contributed by atoms with van der Waals surface area (Å²) in [5, 5.41) is 11.1. The van der Waals surface area contributed by atoms with Crippen LogP contribution in [0.5, 0.6) is 5.75 Å². The molecule has 2 N–H and O–H groups in total. The first-order valence-electron chi connectivity index (χ1n) is 7.40. The molecule has 2 amide bonds. The third-order valence-electron chi connectivity index (χ3n) is 3.76. The molecule has 0 radical (unpaired) electrons. The number of likely N-dealkylation sites (tertiary alicyclic amines) is 1. The van der Waals surface area contributed by atoms with Crippen molar-refractivity contribution in [3.63, 3.8) is 0 Å². The highest BCUT2D eigenvalue weighted by atomic mass is 16.5. The van der Waals surface area contributed by atoms with Gasteiger partial charge in [0.05, 0.1) is 19.4 Å². The van der Waals surface area contributed by atoms with E-state index in [0.29, 0.717) is 13.1 Å². The van der Waals surface area contributed by atoms with Gasteiger partial charge in [-0.1, -0.05) is 12.1 Å². The van der Waals surface area contributed by atoms with E-state index in [1.807, 2.05) is 24.3 Å². The Labute approximate surface area is 134 Å². The zero-order valence-corrected chi connectivity index (χ0v) is 12.9. The quantitative estimate of drug-likeness (QED) is 0.768. The fourth-order valence-corrected chi connectivity index (χ4v) is 2.49. The molecule has 1 fully saturated rings. The fraction of sp³-hybridized carbons (Fsp3) is 0.438. The highest BCUT2D eigenvalue weighted by Crippen LogP contribution is 2.21. The van der Waals surface area contributed by atoms with Crippen LogP contribution in [0.3, 0.4) is 0 Å². The Kier molecular flexibility index (Phi) is 5.56. The Morgan fingerprint density at radius 2 is 2.04 bits per heavy atom. The zero-order chi connectivity index (χ0) is 16.8. The van der Waals surface area contributed by atoms with Crippen molar-refractivity contribution in [1.29, 1.82) is 0 Å². The molecule has 1 aliphatic rings. The fourth-order valence-electron chi connectivity index (χ4n) is 2.49. The molecule has 0 aliphatic carbocycles. The van der Waals surface area contributed by atoms with E-state index >= 15 is 0 Å². The average molecular weight is 320 g/mol. The van der Waals surface area contributed by atoms with Crippen LogP contribution < -0.4 is 10.1 Å². The van der Waals surface area contributed by atoms with Crippen LogP contribution in [-0.4, -0.2) is 48.0 Å². The molecule has 1 aromatic rings. The number of carboxylic acids is 1. The van der Waals surface area contributed by atoms with Gasteiger partial charge in [-0.15, -0.1) is 0 Å². The Morgan fingerprint density at radius 3 is 2.65 bits per heavy atom. The smallest absolute Gasteiger partial charge is 0.305 e. The molecule has 23 heavy (non-hydrogen) atoms. The molecule has 1 unspecified atom stereocenters. The number of nitrogens with one attached hydrogen (secondary N) is 1. The highest BCUT2D eigenvalue weighted by Gasteiger charge is 2.34. The lowest BCUT2D eigenvalue weighted by Gasteiger charge is -2.17. The first-order valence-corrected chi connectivity index (χ1v) is 7.40. The van der Waals surface area contributed by atoms with Crippen molar-refractivity contribution in [1.82, 2.24) is 10.2 Å². The third-order valence-corrected chi connectivity index (χ3v) is 3.76. The van der Waals surface area contributed by atoms with Gasteiger partial charge in [0.1, 0.15) is 5.75 Å². The minimum absolute atomic E-state index is 0.0702. The van der Waals surface area contributed by atoms with Gasteiger partial charge in [-0.2, -0.15) is 0 Å². The number of methoxy groups -OCH3 is 1. The molecule has 1 aromatic carbocycles. The minimum Gasteiger partial charge on any atom is -0.497 e. The topological polar surface area (TPSA) is 95.9 Å². The highest BCUT2D eigenvalue weighted by molar-refractivity contribution is 5.89. The first-order chi connectivity index (χ1) is 11.0. The first kappa shape index (κ1) is 16.8. The number of benzene rings is 1. The SMILES string of the molecule is COc1ccc(CN2CC(C(=O)NCCC(=O)O)CC2=O)cc1. The monoisotopic (exact) mass is 320 g/mol. The van der Waals surface area contributed by atoms with Crippen LogP contribution in [0.25, 0.3) is 0 Å². The van der Waals surface area contributed by atoms with Gasteiger partial charge in [0.2, 0.25) is 11.8 Å². The Bertz CT molecular complexity index is 585. The van der Waals surface area contributed by atoms with Crippen LogP contribution in [0.4, 0.5) is 0 Å². The Balaban J connectivity index is 1.86. The number of hydrogen-bond acceptors (Lipinski definition) is 4. The lowest BCUT2D eigenvalue weighted by atomic mass is 10.1. The summed E-state index contributed by atoms with van der Waals surface area (Å²) >= 11 is 0. The summed E-state index contributed by atoms with van der Waals surface area (Å²) in [4.78, 5) is 36.1. The van der Waals surface area contributed by atoms with E-state index < -0.39 is 11.9 Å². The minimum atomic E-state index is -0.964. The molecule has 0 bridgehead atoms. The number of rotatable bonds is 7. The summed E-state index contributed by atoms with van der Waals surface area (Å²) in [7, 11) is 1.59. The molecule has 0 aromatic heterocycles. The number of amides is 2. The van der Waals surface area contributed by atoms with Crippen LogP contribution in [0.2, 0.25) is 0 Å². The lowest BCUT2D eigenvalue weighted by Crippen LogP contribution is -2.34. The van der Waals surface area contributed by atoms with Crippen molar-refractivity contribution in [3.8, 4) is 5.75 Å². The Morgan fingerprint density at radius 1 is 1.35 bits per heavy atom. The largest absolute Gasteiger partial charge is 0.497 e. The number of carbonyl (C=O) groups is 3. The molecule has 124 valence electrons. The van der Waals surface area contributed by atoms with Gasteiger partial charge >= 0.3 is 5.97 Å². The van der Waals surface area contributed by atoms with E-state index in [1.54, 1.807) is 12.0 Å². The standard InChI is InChI=1S/C16H20N2O5/c1-23-13-4-2-11(3-5-13)9-18-10-12(8-14(18)19)16(22)17-7-6-15(20)21/h2-5,12H,6-10H2,1H3,(H,17,22)(H,20,21). The van der Waals surface area contributed by atoms with E-state index in [1.165, 1.54) is 0 Å². The summed E-state index contributed by atoms with van der Waals surface area (Å²) in [5.41, 5.74) is 0.964. The van der Waals surface area contributed by atoms with Crippen molar-refractivity contribution in [2.75, 3.05) is 20.2 Å². The number of carboxylic acid groups (broad SMARTS) is 1. The molecular formula is C16H20N2O5.